The summed E-state index contributed by atoms with van der Waals surface area (Å²) in [7, 11) is 0. The van der Waals surface area contributed by atoms with E-state index in [2.05, 4.69) is 4.98 Å². The van der Waals surface area contributed by atoms with Crippen molar-refractivity contribution in [2.24, 2.45) is 5.92 Å². The highest BCUT2D eigenvalue weighted by Crippen LogP contribution is 2.34. The van der Waals surface area contributed by atoms with E-state index in [1.165, 1.54) is 18.6 Å². The van der Waals surface area contributed by atoms with Gasteiger partial charge in [-0.25, -0.2) is 4.98 Å². The molecule has 0 saturated heterocycles. The third-order valence-electron chi connectivity index (χ3n) is 1.86. The molecule has 0 spiro atoms. The number of rotatable bonds is 3. The Morgan fingerprint density at radius 3 is 3.08 bits per heavy atom. The summed E-state index contributed by atoms with van der Waals surface area (Å²) in [5.41, 5.74) is 0. The average molecular weight is 200 g/mol. The minimum atomic E-state index is 0.781. The molecule has 1 nitrogen and oxygen atoms in total. The highest BCUT2D eigenvalue weighted by molar-refractivity contribution is 7.99. The molecule has 64 valence electrons. The largest absolute Gasteiger partial charge is 0.250 e. The molecule has 1 saturated carbocycles. The van der Waals surface area contributed by atoms with Gasteiger partial charge in [0.1, 0.15) is 0 Å². The molecule has 1 fully saturated rings. The van der Waals surface area contributed by atoms with Crippen LogP contribution in [-0.2, 0) is 0 Å². The van der Waals surface area contributed by atoms with E-state index in [1.807, 2.05) is 23.9 Å². The van der Waals surface area contributed by atoms with E-state index in [9.17, 15) is 0 Å². The van der Waals surface area contributed by atoms with Crippen molar-refractivity contribution in [1.82, 2.24) is 4.98 Å². The molecule has 2 rings (SSSR count). The molecule has 3 heteroatoms. The van der Waals surface area contributed by atoms with Gasteiger partial charge in [0.05, 0.1) is 5.03 Å². The molecule has 1 heterocycles. The van der Waals surface area contributed by atoms with Crippen LogP contribution in [0.15, 0.2) is 23.4 Å². The Morgan fingerprint density at radius 1 is 1.58 bits per heavy atom. The Labute approximate surface area is 81.5 Å². The molecule has 12 heavy (non-hydrogen) atoms. The van der Waals surface area contributed by atoms with Crippen molar-refractivity contribution in [2.45, 2.75) is 17.9 Å². The topological polar surface area (TPSA) is 12.9 Å². The predicted molar refractivity (Wildman–Crippen MR) is 52.7 cm³/mol. The second-order valence-corrected chi connectivity index (χ2v) is 4.54. The third-order valence-corrected chi connectivity index (χ3v) is 3.25. The van der Waals surface area contributed by atoms with Gasteiger partial charge in [0.2, 0.25) is 0 Å². The van der Waals surface area contributed by atoms with E-state index in [-0.39, 0.29) is 0 Å². The lowest BCUT2D eigenvalue weighted by Gasteiger charge is -1.98. The van der Waals surface area contributed by atoms with Gasteiger partial charge in [-0.05, 0) is 30.9 Å². The summed E-state index contributed by atoms with van der Waals surface area (Å²) in [5, 5.41) is 1.83. The molecule has 1 aromatic heterocycles. The SMILES string of the molecule is Clc1ccnc(SCC2CC2)c1. The summed E-state index contributed by atoms with van der Waals surface area (Å²) in [6.07, 6.45) is 4.55. The van der Waals surface area contributed by atoms with Crippen molar-refractivity contribution in [1.29, 1.82) is 0 Å². The molecule has 0 amide bonds. The molecule has 0 bridgehead atoms. The van der Waals surface area contributed by atoms with Crippen LogP contribution in [0.5, 0.6) is 0 Å². The first-order chi connectivity index (χ1) is 5.84. The Kier molecular flexibility index (Phi) is 2.57. The van der Waals surface area contributed by atoms with E-state index in [4.69, 9.17) is 11.6 Å². The van der Waals surface area contributed by atoms with Gasteiger partial charge < -0.3 is 0 Å². The fourth-order valence-corrected chi connectivity index (χ4v) is 2.26. The standard InChI is InChI=1S/C9H10ClNS/c10-8-3-4-11-9(5-8)12-6-7-1-2-7/h3-5,7H,1-2,6H2. The van der Waals surface area contributed by atoms with Gasteiger partial charge in [-0.2, -0.15) is 0 Å². The molecular weight excluding hydrogens is 190 g/mol. The summed E-state index contributed by atoms with van der Waals surface area (Å²) in [6, 6.07) is 3.73. The van der Waals surface area contributed by atoms with Crippen molar-refractivity contribution in [3.8, 4) is 0 Å². The first-order valence-electron chi connectivity index (χ1n) is 4.09. The van der Waals surface area contributed by atoms with Crippen molar-refractivity contribution < 1.29 is 0 Å². The van der Waals surface area contributed by atoms with Crippen molar-refractivity contribution >= 4 is 23.4 Å². The van der Waals surface area contributed by atoms with E-state index in [1.54, 1.807) is 6.20 Å². The van der Waals surface area contributed by atoms with Crippen LogP contribution in [0.25, 0.3) is 0 Å². The van der Waals surface area contributed by atoms with Crippen LogP contribution < -0.4 is 0 Å². The van der Waals surface area contributed by atoms with E-state index in [0.29, 0.717) is 0 Å². The van der Waals surface area contributed by atoms with Gasteiger partial charge in [-0.1, -0.05) is 11.6 Å². The Balaban J connectivity index is 1.92. The van der Waals surface area contributed by atoms with Gasteiger partial charge in [0.25, 0.3) is 0 Å². The Hall–Kier alpha value is -0.210. The van der Waals surface area contributed by atoms with Crippen LogP contribution in [0, 0.1) is 5.92 Å². The maximum absolute atomic E-state index is 5.82. The molecule has 1 aliphatic rings. The summed E-state index contributed by atoms with van der Waals surface area (Å²) in [5.74, 6) is 2.14. The van der Waals surface area contributed by atoms with Crippen LogP contribution in [0.1, 0.15) is 12.8 Å². The lowest BCUT2D eigenvalue weighted by atomic mass is 10.5. The van der Waals surface area contributed by atoms with Gasteiger partial charge in [0, 0.05) is 17.0 Å². The molecule has 0 aromatic carbocycles. The van der Waals surface area contributed by atoms with Crippen LogP contribution in [0.3, 0.4) is 0 Å². The number of thioether (sulfide) groups is 1. The zero-order valence-corrected chi connectivity index (χ0v) is 8.24. The van der Waals surface area contributed by atoms with Crippen LogP contribution in [-0.4, -0.2) is 10.7 Å². The van der Waals surface area contributed by atoms with E-state index in [0.717, 1.165) is 16.0 Å². The summed E-state index contributed by atoms with van der Waals surface area (Å²) in [4.78, 5) is 4.22. The predicted octanol–water partition coefficient (Wildman–Crippen LogP) is 3.24. The second kappa shape index (κ2) is 3.67. The minimum Gasteiger partial charge on any atom is -0.250 e. The van der Waals surface area contributed by atoms with E-state index >= 15 is 0 Å². The molecule has 0 radical (unpaired) electrons. The quantitative estimate of drug-likeness (QED) is 0.694. The van der Waals surface area contributed by atoms with E-state index < -0.39 is 0 Å². The minimum absolute atomic E-state index is 0.781. The maximum atomic E-state index is 5.82. The molecule has 0 N–H and O–H groups in total. The van der Waals surface area contributed by atoms with Gasteiger partial charge in [-0.15, -0.1) is 11.8 Å². The van der Waals surface area contributed by atoms with Crippen LogP contribution in [0.2, 0.25) is 5.02 Å². The van der Waals surface area contributed by atoms with Crippen molar-refractivity contribution in [3.63, 3.8) is 0 Å². The van der Waals surface area contributed by atoms with Gasteiger partial charge in [0.15, 0.2) is 0 Å². The van der Waals surface area contributed by atoms with Crippen LogP contribution >= 0.6 is 23.4 Å². The summed E-state index contributed by atoms with van der Waals surface area (Å²) in [6.45, 7) is 0. The van der Waals surface area contributed by atoms with Crippen LogP contribution in [0.4, 0.5) is 0 Å². The molecule has 1 aliphatic carbocycles. The van der Waals surface area contributed by atoms with Crippen molar-refractivity contribution in [2.75, 3.05) is 5.75 Å². The first kappa shape index (κ1) is 8.39. The Bertz CT molecular complexity index is 273. The number of halogens is 1. The number of hydrogen-bond donors (Lipinski definition) is 0. The Morgan fingerprint density at radius 2 is 2.42 bits per heavy atom. The monoisotopic (exact) mass is 199 g/mol. The molecule has 0 unspecified atom stereocenters. The number of pyridine rings is 1. The number of hydrogen-bond acceptors (Lipinski definition) is 2. The first-order valence-corrected chi connectivity index (χ1v) is 5.45. The van der Waals surface area contributed by atoms with Crippen molar-refractivity contribution in [3.05, 3.63) is 23.4 Å². The number of nitrogens with zero attached hydrogens (tertiary/aromatic N) is 1. The molecule has 0 atom stereocenters. The fraction of sp³-hybridized carbons (Fsp3) is 0.444. The molecule has 1 aromatic rings. The van der Waals surface area contributed by atoms with Gasteiger partial charge in [-0.3, -0.25) is 0 Å². The average Bonchev–Trinajstić information content (AvgIpc) is 2.84. The fourth-order valence-electron chi connectivity index (χ4n) is 0.952. The molecular formula is C9H10ClNS. The second-order valence-electron chi connectivity index (χ2n) is 3.07. The smallest absolute Gasteiger partial charge is 0.0974 e. The normalized spacial score (nSPS) is 16.4. The zero-order valence-electron chi connectivity index (χ0n) is 6.66. The number of aromatic nitrogens is 1. The summed E-state index contributed by atoms with van der Waals surface area (Å²) < 4.78 is 0. The zero-order chi connectivity index (χ0) is 8.39. The lowest BCUT2D eigenvalue weighted by Crippen LogP contribution is -1.83. The molecule has 0 aliphatic heterocycles. The highest BCUT2D eigenvalue weighted by Gasteiger charge is 2.21. The highest BCUT2D eigenvalue weighted by atomic mass is 35.5. The maximum Gasteiger partial charge on any atom is 0.0974 e. The third kappa shape index (κ3) is 2.39. The lowest BCUT2D eigenvalue weighted by molar-refractivity contribution is 0.993. The summed E-state index contributed by atoms with van der Waals surface area (Å²) >= 11 is 7.63. The van der Waals surface area contributed by atoms with Gasteiger partial charge >= 0.3 is 0 Å².